The fourth-order valence-electron chi connectivity index (χ4n) is 8.31. The molecule has 338 valence electrons. The van der Waals surface area contributed by atoms with E-state index >= 15 is 0 Å². The number of fused-ring (bicyclic) bond motifs is 1. The largest absolute Gasteiger partial charge is 0.487 e. The number of amides is 2. The number of piperazine rings is 1. The summed E-state index contributed by atoms with van der Waals surface area (Å²) in [6.45, 7) is 20.4. The maximum Gasteiger partial charge on any atom is 0.407 e. The van der Waals surface area contributed by atoms with Crippen molar-refractivity contribution >= 4 is 34.0 Å². The number of nitrogens with zero attached hydrogens (tertiary/aromatic N) is 3. The molecule has 2 heterocycles. The third kappa shape index (κ3) is 12.5. The van der Waals surface area contributed by atoms with Gasteiger partial charge in [-0.15, -0.1) is 0 Å². The molecule has 2 aliphatic heterocycles. The second-order valence-corrected chi connectivity index (χ2v) is 20.7. The van der Waals surface area contributed by atoms with E-state index in [0.717, 1.165) is 28.0 Å². The number of nitrogens with one attached hydrogen (secondary N) is 2. The van der Waals surface area contributed by atoms with Gasteiger partial charge in [0, 0.05) is 37.7 Å². The summed E-state index contributed by atoms with van der Waals surface area (Å²) in [5, 5.41) is 3.11. The van der Waals surface area contributed by atoms with Gasteiger partial charge in [-0.05, 0) is 123 Å². The topological polar surface area (TPSA) is 182 Å². The lowest BCUT2D eigenvalue weighted by atomic mass is 9.91. The van der Waals surface area contributed by atoms with Crippen molar-refractivity contribution in [1.82, 2.24) is 19.8 Å². The number of guanidine groups is 1. The van der Waals surface area contributed by atoms with Crippen molar-refractivity contribution in [2.24, 2.45) is 10.7 Å². The molecule has 3 aromatic rings. The lowest BCUT2D eigenvalue weighted by molar-refractivity contribution is -0.162. The number of esters is 1. The van der Waals surface area contributed by atoms with E-state index in [0.29, 0.717) is 36.9 Å². The third-order valence-electron chi connectivity index (χ3n) is 11.0. The van der Waals surface area contributed by atoms with E-state index in [4.69, 9.17) is 19.9 Å². The Labute approximate surface area is 368 Å². The molecule has 0 aliphatic carbocycles. The summed E-state index contributed by atoms with van der Waals surface area (Å²) in [6, 6.07) is 17.3. The average Bonchev–Trinajstić information content (AvgIpc) is 3.49. The summed E-state index contributed by atoms with van der Waals surface area (Å²) < 4.78 is 48.0. The van der Waals surface area contributed by atoms with E-state index in [1.54, 1.807) is 60.3 Å². The quantitative estimate of drug-likeness (QED) is 0.0724. The Morgan fingerprint density at radius 1 is 0.919 bits per heavy atom. The molecule has 5 rings (SSSR count). The number of nitrogens with two attached hydrogens (primary N) is 1. The summed E-state index contributed by atoms with van der Waals surface area (Å²) >= 11 is 0. The highest BCUT2D eigenvalue weighted by Gasteiger charge is 2.45. The molecule has 3 aromatic carbocycles. The Morgan fingerprint density at radius 3 is 2.11 bits per heavy atom. The zero-order valence-corrected chi connectivity index (χ0v) is 39.1. The molecule has 0 radical (unpaired) electrons. The predicted octanol–water partition coefficient (Wildman–Crippen LogP) is 6.26. The standard InChI is InChI=1S/C47H66N6O8S/c1-30-31(2)41(32(3)35-26-47(10,11)60-40(30)35)62(57,58)51-43(48)49-24-18-23-37-42(55)52(27-34-21-16-13-17-22-34)28-38(53(37)29-39(54)59-45(4,5)6)36(25-33-19-14-12-15-20-33)50-44(56)61-46(7,8)9/h12-17,19-22,36-38H,18,23-29H2,1-11H3,(H,50,56)(H3,48,49,51)/t36-,37-,38-/m0/s1. The van der Waals surface area contributed by atoms with E-state index in [9.17, 15) is 22.8 Å². The van der Waals surface area contributed by atoms with E-state index < -0.39 is 57.0 Å². The minimum atomic E-state index is -4.13. The van der Waals surface area contributed by atoms with Crippen molar-refractivity contribution in [3.05, 3.63) is 94.0 Å². The minimum absolute atomic E-state index is 0.0780. The molecule has 0 aromatic heterocycles. The number of benzene rings is 3. The van der Waals surface area contributed by atoms with Crippen LogP contribution in [0.25, 0.3) is 0 Å². The molecule has 0 unspecified atom stereocenters. The van der Waals surface area contributed by atoms with Crippen LogP contribution in [0.2, 0.25) is 0 Å². The number of carbonyl (C=O) groups excluding carboxylic acids is 3. The smallest absolute Gasteiger partial charge is 0.407 e. The van der Waals surface area contributed by atoms with E-state index in [-0.39, 0.29) is 42.8 Å². The van der Waals surface area contributed by atoms with Crippen LogP contribution in [0.3, 0.4) is 0 Å². The number of sulfonamides is 1. The van der Waals surface area contributed by atoms with Crippen LogP contribution in [0.5, 0.6) is 5.75 Å². The van der Waals surface area contributed by atoms with Crippen LogP contribution in [0.4, 0.5) is 4.79 Å². The first-order valence-corrected chi connectivity index (χ1v) is 22.8. The summed E-state index contributed by atoms with van der Waals surface area (Å²) in [4.78, 5) is 50.1. The summed E-state index contributed by atoms with van der Waals surface area (Å²) in [6.07, 6.45) is 0.865. The molecule has 3 atom stereocenters. The predicted molar refractivity (Wildman–Crippen MR) is 240 cm³/mol. The zero-order valence-electron chi connectivity index (χ0n) is 38.3. The lowest BCUT2D eigenvalue weighted by Crippen LogP contribution is -2.68. The molecule has 1 fully saturated rings. The molecule has 14 nitrogen and oxygen atoms in total. The first kappa shape index (κ1) is 47.9. The highest BCUT2D eigenvalue weighted by molar-refractivity contribution is 7.90. The van der Waals surface area contributed by atoms with Gasteiger partial charge in [0.15, 0.2) is 0 Å². The molecular weight excluding hydrogens is 809 g/mol. The Morgan fingerprint density at radius 2 is 1.52 bits per heavy atom. The van der Waals surface area contributed by atoms with Crippen molar-refractivity contribution in [1.29, 1.82) is 0 Å². The SMILES string of the molecule is Cc1c(C)c(S(=O)(=O)NC(N)=NCCC[C@H]2C(=O)N(Cc3ccccc3)C[C@@H]([C@H](Cc3ccccc3)NC(=O)OC(C)(C)C)N2CC(=O)OC(C)(C)C)c(C)c2c1OC(C)(C)C2. The van der Waals surface area contributed by atoms with Gasteiger partial charge >= 0.3 is 12.1 Å². The van der Waals surface area contributed by atoms with E-state index in [1.165, 1.54) is 0 Å². The second kappa shape index (κ2) is 19.1. The van der Waals surface area contributed by atoms with Gasteiger partial charge in [0.25, 0.3) is 10.0 Å². The zero-order chi connectivity index (χ0) is 45.8. The van der Waals surface area contributed by atoms with Crippen LogP contribution >= 0.6 is 0 Å². The summed E-state index contributed by atoms with van der Waals surface area (Å²) in [5.74, 6) is -0.286. The summed E-state index contributed by atoms with van der Waals surface area (Å²) in [5.41, 5.74) is 8.89. The highest BCUT2D eigenvalue weighted by Crippen LogP contribution is 2.43. The fourth-order valence-corrected chi connectivity index (χ4v) is 9.84. The van der Waals surface area contributed by atoms with Crippen LogP contribution in [-0.4, -0.2) is 96.7 Å². The average molecular weight is 875 g/mol. The van der Waals surface area contributed by atoms with Crippen molar-refractivity contribution in [3.8, 4) is 5.75 Å². The van der Waals surface area contributed by atoms with Gasteiger partial charge < -0.3 is 30.2 Å². The van der Waals surface area contributed by atoms with E-state index in [1.807, 2.05) is 86.3 Å². The Bertz CT molecular complexity index is 2230. The Hall–Kier alpha value is -5.15. The first-order chi connectivity index (χ1) is 28.8. The molecule has 2 aliphatic rings. The second-order valence-electron chi connectivity index (χ2n) is 19.1. The van der Waals surface area contributed by atoms with Gasteiger partial charge in [-0.1, -0.05) is 60.7 Å². The molecule has 0 bridgehead atoms. The molecular formula is C47H66N6O8S. The summed E-state index contributed by atoms with van der Waals surface area (Å²) in [7, 11) is -4.13. The molecule has 2 amide bonds. The van der Waals surface area contributed by atoms with E-state index in [2.05, 4.69) is 15.0 Å². The maximum atomic E-state index is 14.7. The number of hydrogen-bond acceptors (Lipinski definition) is 10. The van der Waals surface area contributed by atoms with Gasteiger partial charge in [0.1, 0.15) is 22.6 Å². The van der Waals surface area contributed by atoms with Crippen molar-refractivity contribution in [3.63, 3.8) is 0 Å². The van der Waals surface area contributed by atoms with Crippen molar-refractivity contribution in [2.45, 2.75) is 148 Å². The number of rotatable bonds is 14. The van der Waals surface area contributed by atoms with Crippen LogP contribution in [0.15, 0.2) is 70.6 Å². The highest BCUT2D eigenvalue weighted by atomic mass is 32.2. The number of carbonyl (C=O) groups is 3. The van der Waals surface area contributed by atoms with Crippen LogP contribution in [0, 0.1) is 20.8 Å². The maximum absolute atomic E-state index is 14.7. The van der Waals surface area contributed by atoms with Crippen LogP contribution in [-0.2, 0) is 48.5 Å². The molecule has 62 heavy (non-hydrogen) atoms. The van der Waals surface area contributed by atoms with Crippen molar-refractivity contribution < 1.29 is 37.0 Å². The van der Waals surface area contributed by atoms with Gasteiger partial charge in [0.2, 0.25) is 11.9 Å². The fraction of sp³-hybridized carbons (Fsp3) is 0.532. The first-order valence-electron chi connectivity index (χ1n) is 21.3. The molecule has 1 saturated heterocycles. The monoisotopic (exact) mass is 874 g/mol. The van der Waals surface area contributed by atoms with Gasteiger partial charge in [0.05, 0.1) is 23.5 Å². The van der Waals surface area contributed by atoms with Gasteiger partial charge in [-0.3, -0.25) is 19.5 Å². The normalized spacial score (nSPS) is 18.7. The Balaban J connectivity index is 1.46. The Kier molecular flexibility index (Phi) is 14.7. The number of aliphatic imine (C=N–C) groups is 1. The molecule has 15 heteroatoms. The number of ether oxygens (including phenoxy) is 3. The third-order valence-corrected chi connectivity index (χ3v) is 12.6. The van der Waals surface area contributed by atoms with Crippen molar-refractivity contribution in [2.75, 3.05) is 19.6 Å². The number of alkyl carbamates (subject to hydrolysis) is 1. The minimum Gasteiger partial charge on any atom is -0.487 e. The number of hydrogen-bond donors (Lipinski definition) is 3. The molecule has 0 saturated carbocycles. The molecule has 0 spiro atoms. The van der Waals surface area contributed by atoms with Crippen LogP contribution < -0.4 is 20.5 Å². The molecule has 4 N–H and O–H groups in total. The van der Waals surface area contributed by atoms with Gasteiger partial charge in [-0.25, -0.2) is 17.9 Å². The van der Waals surface area contributed by atoms with Crippen LogP contribution in [0.1, 0.15) is 102 Å². The van der Waals surface area contributed by atoms with Gasteiger partial charge in [-0.2, -0.15) is 0 Å². The lowest BCUT2D eigenvalue weighted by Gasteiger charge is -2.48.